The normalized spacial score (nSPS) is 15.0. The van der Waals surface area contributed by atoms with Gasteiger partial charge in [0.15, 0.2) is 16.7 Å². The number of carbonyl (C=O) groups is 2. The van der Waals surface area contributed by atoms with Crippen LogP contribution in [0.5, 0.6) is 11.5 Å². The second-order valence-corrected chi connectivity index (χ2v) is 10.9. The molecule has 1 amide bonds. The van der Waals surface area contributed by atoms with Gasteiger partial charge in [-0.25, -0.2) is 4.98 Å². The number of aromatic nitrogens is 1. The Bertz CT molecular complexity index is 1850. The highest BCUT2D eigenvalue weighted by Crippen LogP contribution is 2.44. The number of aliphatic hydroxyl groups is 1. The lowest BCUT2D eigenvalue weighted by atomic mass is 9.95. The lowest BCUT2D eigenvalue weighted by Gasteiger charge is -2.24. The molecule has 5 aromatic rings. The van der Waals surface area contributed by atoms with Crippen molar-refractivity contribution in [2.75, 3.05) is 11.5 Å². The van der Waals surface area contributed by atoms with Crippen LogP contribution in [0.25, 0.3) is 16.3 Å². The number of carbonyl (C=O) groups excluding carboxylic acids is 2. The molecule has 0 spiro atoms. The monoisotopic (exact) mass is 588 g/mol. The molecule has 1 atom stereocenters. The quantitative estimate of drug-likeness (QED) is 0.170. The molecule has 0 radical (unpaired) electrons. The Hall–Kier alpha value is -5.21. The number of anilines is 1. The summed E-state index contributed by atoms with van der Waals surface area (Å²) in [5, 5.41) is 11.5. The fraction of sp³-hybridized carbons (Fsp3) is 0.114. The van der Waals surface area contributed by atoms with Gasteiger partial charge in [-0.15, -0.1) is 0 Å². The van der Waals surface area contributed by atoms with E-state index in [-0.39, 0.29) is 5.57 Å². The molecule has 1 aliphatic heterocycles. The number of ketones is 1. The maximum Gasteiger partial charge on any atom is 0.296 e. The molecule has 8 heteroatoms. The molecule has 1 unspecified atom stereocenters. The van der Waals surface area contributed by atoms with E-state index in [9.17, 15) is 14.7 Å². The van der Waals surface area contributed by atoms with Crippen molar-refractivity contribution in [1.29, 1.82) is 0 Å². The Morgan fingerprint density at radius 2 is 1.67 bits per heavy atom. The Balaban J connectivity index is 1.39. The van der Waals surface area contributed by atoms with Gasteiger partial charge in [0.1, 0.15) is 18.1 Å². The molecule has 4 aromatic carbocycles. The van der Waals surface area contributed by atoms with Gasteiger partial charge in [0.2, 0.25) is 0 Å². The first-order chi connectivity index (χ1) is 21.0. The smallest absolute Gasteiger partial charge is 0.296 e. The van der Waals surface area contributed by atoms with Crippen LogP contribution in [0.2, 0.25) is 0 Å². The van der Waals surface area contributed by atoms with Gasteiger partial charge >= 0.3 is 0 Å². The van der Waals surface area contributed by atoms with Crippen LogP contribution in [0.4, 0.5) is 5.13 Å². The molecule has 214 valence electrons. The zero-order valence-corrected chi connectivity index (χ0v) is 24.2. The summed E-state index contributed by atoms with van der Waals surface area (Å²) in [6, 6.07) is 31.0. The van der Waals surface area contributed by atoms with Crippen molar-refractivity contribution in [2.45, 2.75) is 19.6 Å². The van der Waals surface area contributed by atoms with Gasteiger partial charge in [-0.05, 0) is 60.0 Å². The summed E-state index contributed by atoms with van der Waals surface area (Å²) in [5.41, 5.74) is 3.09. The fourth-order valence-electron chi connectivity index (χ4n) is 4.96. The van der Waals surface area contributed by atoms with Crippen LogP contribution in [0.1, 0.15) is 29.7 Å². The van der Waals surface area contributed by atoms with Crippen molar-refractivity contribution >= 4 is 44.5 Å². The van der Waals surface area contributed by atoms with E-state index in [1.54, 1.807) is 12.1 Å². The summed E-state index contributed by atoms with van der Waals surface area (Å²) >= 11 is 1.29. The highest BCUT2D eigenvalue weighted by Gasteiger charge is 2.45. The number of rotatable bonds is 10. The molecule has 0 saturated heterocycles. The predicted molar refractivity (Wildman–Crippen MR) is 168 cm³/mol. The van der Waals surface area contributed by atoms with Crippen molar-refractivity contribution in [3.63, 3.8) is 0 Å². The molecule has 1 N–H and O–H groups in total. The van der Waals surface area contributed by atoms with Gasteiger partial charge in [-0.3, -0.25) is 14.5 Å². The Morgan fingerprint density at radius 1 is 0.930 bits per heavy atom. The first-order valence-electron chi connectivity index (χ1n) is 13.9. The number of nitrogens with zero attached hydrogens (tertiary/aromatic N) is 2. The molecule has 0 fully saturated rings. The number of ether oxygens (including phenoxy) is 2. The zero-order valence-electron chi connectivity index (χ0n) is 23.3. The van der Waals surface area contributed by atoms with E-state index in [0.717, 1.165) is 15.8 Å². The molecule has 7 nitrogen and oxygen atoms in total. The summed E-state index contributed by atoms with van der Waals surface area (Å²) in [7, 11) is 0. The maximum atomic E-state index is 13.7. The SMILES string of the molecule is CCOc1ccc2nc(N3C(=O)C(O)=C(C(=O)/C=C/c4ccccc4)C3c3cccc(OCc4ccccc4)c3)sc2c1. The van der Waals surface area contributed by atoms with Crippen molar-refractivity contribution in [3.8, 4) is 11.5 Å². The Labute approximate surface area is 253 Å². The topological polar surface area (TPSA) is 89.0 Å². The van der Waals surface area contributed by atoms with Gasteiger partial charge < -0.3 is 14.6 Å². The van der Waals surface area contributed by atoms with Gasteiger partial charge in [-0.1, -0.05) is 90.2 Å². The number of aliphatic hydroxyl groups excluding tert-OH is 1. The average molecular weight is 589 g/mol. The molecule has 0 aliphatic carbocycles. The Morgan fingerprint density at radius 3 is 2.44 bits per heavy atom. The molecule has 1 aliphatic rings. The van der Waals surface area contributed by atoms with E-state index in [2.05, 4.69) is 0 Å². The summed E-state index contributed by atoms with van der Waals surface area (Å²) in [6.45, 7) is 2.78. The number of benzene rings is 4. The standard InChI is InChI=1S/C35H28N2O5S/c1-2-41-27-17-18-28-30(21-27)43-35(36-28)37-32(25-14-9-15-26(20-25)42-22-24-12-7-4-8-13-24)31(33(39)34(37)40)29(38)19-16-23-10-5-3-6-11-23/h3-21,32,39H,2,22H2,1H3/b19-16+. The number of thiazole rings is 1. The number of fused-ring (bicyclic) bond motifs is 1. The molecule has 1 aromatic heterocycles. The van der Waals surface area contributed by atoms with E-state index in [1.165, 1.54) is 22.3 Å². The maximum absolute atomic E-state index is 13.7. The third kappa shape index (κ3) is 5.91. The lowest BCUT2D eigenvalue weighted by Crippen LogP contribution is -2.30. The van der Waals surface area contributed by atoms with Crippen molar-refractivity contribution < 1.29 is 24.2 Å². The summed E-state index contributed by atoms with van der Waals surface area (Å²) in [6.07, 6.45) is 3.05. The molecule has 6 rings (SSSR count). The van der Waals surface area contributed by atoms with E-state index in [0.29, 0.717) is 40.9 Å². The first-order valence-corrected chi connectivity index (χ1v) is 14.7. The van der Waals surface area contributed by atoms with Crippen LogP contribution in [0, 0.1) is 0 Å². The Kier molecular flexibility index (Phi) is 8.02. The predicted octanol–water partition coefficient (Wildman–Crippen LogP) is 7.46. The highest BCUT2D eigenvalue weighted by atomic mass is 32.1. The van der Waals surface area contributed by atoms with Gasteiger partial charge in [0.25, 0.3) is 5.91 Å². The van der Waals surface area contributed by atoms with Crippen LogP contribution in [-0.4, -0.2) is 28.4 Å². The van der Waals surface area contributed by atoms with E-state index in [4.69, 9.17) is 14.5 Å². The third-order valence-corrected chi connectivity index (χ3v) is 8.01. The van der Waals surface area contributed by atoms with Crippen molar-refractivity contribution in [2.24, 2.45) is 0 Å². The minimum absolute atomic E-state index is 0.0216. The van der Waals surface area contributed by atoms with E-state index >= 15 is 0 Å². The number of allylic oxidation sites excluding steroid dienone is 1. The summed E-state index contributed by atoms with van der Waals surface area (Å²) in [5.74, 6) is -0.505. The molecule has 43 heavy (non-hydrogen) atoms. The second-order valence-electron chi connectivity index (χ2n) is 9.85. The molecule has 0 bridgehead atoms. The minimum Gasteiger partial charge on any atom is -0.503 e. The first kappa shape index (κ1) is 27.9. The number of hydrogen-bond acceptors (Lipinski definition) is 7. The van der Waals surface area contributed by atoms with Crippen LogP contribution >= 0.6 is 11.3 Å². The van der Waals surface area contributed by atoms with Gasteiger partial charge in [0.05, 0.1) is 28.4 Å². The molecular formula is C35H28N2O5S. The van der Waals surface area contributed by atoms with E-state index < -0.39 is 23.5 Å². The van der Waals surface area contributed by atoms with Crippen molar-refractivity contribution in [1.82, 2.24) is 4.98 Å². The molecule has 0 saturated carbocycles. The van der Waals surface area contributed by atoms with Crippen LogP contribution in [0.15, 0.2) is 121 Å². The van der Waals surface area contributed by atoms with Crippen LogP contribution in [-0.2, 0) is 16.2 Å². The van der Waals surface area contributed by atoms with Gasteiger partial charge in [-0.2, -0.15) is 0 Å². The third-order valence-electron chi connectivity index (χ3n) is 6.99. The lowest BCUT2D eigenvalue weighted by molar-refractivity contribution is -0.117. The number of hydrogen-bond donors (Lipinski definition) is 1. The largest absolute Gasteiger partial charge is 0.503 e. The van der Waals surface area contributed by atoms with Crippen LogP contribution in [0.3, 0.4) is 0 Å². The average Bonchev–Trinajstić information content (AvgIpc) is 3.57. The van der Waals surface area contributed by atoms with Crippen molar-refractivity contribution in [3.05, 3.63) is 137 Å². The summed E-state index contributed by atoms with van der Waals surface area (Å²) < 4.78 is 12.5. The fourth-order valence-corrected chi connectivity index (χ4v) is 5.98. The minimum atomic E-state index is -0.923. The van der Waals surface area contributed by atoms with E-state index in [1.807, 2.05) is 104 Å². The molecular weight excluding hydrogens is 560 g/mol. The summed E-state index contributed by atoms with van der Waals surface area (Å²) in [4.78, 5) is 33.4. The molecule has 2 heterocycles. The zero-order chi connectivity index (χ0) is 29.8. The number of amides is 1. The van der Waals surface area contributed by atoms with Gasteiger partial charge in [0, 0.05) is 0 Å². The van der Waals surface area contributed by atoms with Crippen LogP contribution < -0.4 is 14.4 Å². The highest BCUT2D eigenvalue weighted by molar-refractivity contribution is 7.22. The second kappa shape index (κ2) is 12.3.